The molecule has 0 spiro atoms. The van der Waals surface area contributed by atoms with Crippen molar-refractivity contribution in [2.24, 2.45) is 5.73 Å². The summed E-state index contributed by atoms with van der Waals surface area (Å²) in [6.07, 6.45) is 0. The number of halogens is 1. The molecular weight excluding hydrogens is 288 g/mol. The molecule has 2 nitrogen and oxygen atoms in total. The van der Waals surface area contributed by atoms with Crippen LogP contribution in [0.5, 0.6) is 0 Å². The number of hydrogen-bond donors (Lipinski definition) is 2. The van der Waals surface area contributed by atoms with Gasteiger partial charge < -0.3 is 11.1 Å². The van der Waals surface area contributed by atoms with Crippen LogP contribution in [-0.2, 0) is 13.1 Å². The smallest absolute Gasteiger partial charge is 0.0487 e. The van der Waals surface area contributed by atoms with Crippen molar-refractivity contribution in [1.82, 2.24) is 0 Å². The second kappa shape index (κ2) is 6.03. The highest BCUT2D eigenvalue weighted by Gasteiger charge is 2.00. The molecule has 0 heterocycles. The van der Waals surface area contributed by atoms with Crippen LogP contribution in [0.1, 0.15) is 16.7 Å². The van der Waals surface area contributed by atoms with Gasteiger partial charge in [-0.3, -0.25) is 0 Å². The Morgan fingerprint density at radius 1 is 1.11 bits per heavy atom. The summed E-state index contributed by atoms with van der Waals surface area (Å²) in [7, 11) is 0. The molecule has 0 atom stereocenters. The lowest BCUT2D eigenvalue weighted by Crippen LogP contribution is -2.02. The summed E-state index contributed by atoms with van der Waals surface area (Å²) < 4.78 is 1.09. The molecule has 0 saturated heterocycles. The number of hydrogen-bond acceptors (Lipinski definition) is 2. The van der Waals surface area contributed by atoms with Crippen molar-refractivity contribution in [2.45, 2.75) is 20.0 Å². The van der Waals surface area contributed by atoms with E-state index in [0.717, 1.165) is 22.3 Å². The van der Waals surface area contributed by atoms with Gasteiger partial charge in [0, 0.05) is 23.2 Å². The van der Waals surface area contributed by atoms with Crippen molar-refractivity contribution in [3.05, 3.63) is 63.6 Å². The normalized spacial score (nSPS) is 10.4. The molecule has 0 unspecified atom stereocenters. The summed E-state index contributed by atoms with van der Waals surface area (Å²) in [5.41, 5.74) is 10.4. The first-order valence-electron chi connectivity index (χ1n) is 5.97. The van der Waals surface area contributed by atoms with Crippen molar-refractivity contribution in [3.8, 4) is 0 Å². The molecule has 0 fully saturated rings. The summed E-state index contributed by atoms with van der Waals surface area (Å²) in [4.78, 5) is 0. The quantitative estimate of drug-likeness (QED) is 0.901. The largest absolute Gasteiger partial charge is 0.380 e. The summed E-state index contributed by atoms with van der Waals surface area (Å²) in [6.45, 7) is 3.47. The number of nitrogens with two attached hydrogens (primary N) is 1. The van der Waals surface area contributed by atoms with Crippen molar-refractivity contribution in [2.75, 3.05) is 5.32 Å². The fraction of sp³-hybridized carbons (Fsp3) is 0.200. The third kappa shape index (κ3) is 3.34. The highest BCUT2D eigenvalue weighted by molar-refractivity contribution is 9.10. The third-order valence-corrected chi connectivity index (χ3v) is 3.49. The average molecular weight is 305 g/mol. The van der Waals surface area contributed by atoms with E-state index in [-0.39, 0.29) is 0 Å². The Morgan fingerprint density at radius 3 is 2.61 bits per heavy atom. The number of rotatable bonds is 4. The van der Waals surface area contributed by atoms with E-state index in [1.807, 2.05) is 12.1 Å². The Morgan fingerprint density at radius 2 is 1.89 bits per heavy atom. The molecule has 94 valence electrons. The zero-order valence-electron chi connectivity index (χ0n) is 10.4. The molecule has 2 aromatic rings. The van der Waals surface area contributed by atoms with Gasteiger partial charge in [0.15, 0.2) is 0 Å². The van der Waals surface area contributed by atoms with E-state index in [0.29, 0.717) is 6.54 Å². The third-order valence-electron chi connectivity index (χ3n) is 2.83. The maximum Gasteiger partial charge on any atom is 0.0487 e. The van der Waals surface area contributed by atoms with E-state index in [4.69, 9.17) is 5.73 Å². The first kappa shape index (κ1) is 13.1. The molecule has 0 aliphatic carbocycles. The van der Waals surface area contributed by atoms with Crippen LogP contribution in [0.15, 0.2) is 46.9 Å². The second-order valence-corrected chi connectivity index (χ2v) is 5.22. The van der Waals surface area contributed by atoms with Gasteiger partial charge in [-0.1, -0.05) is 30.3 Å². The molecule has 0 aliphatic rings. The predicted octanol–water partition coefficient (Wildman–Crippen LogP) is 3.83. The lowest BCUT2D eigenvalue weighted by atomic mass is 10.1. The lowest BCUT2D eigenvalue weighted by Gasteiger charge is -2.10. The van der Waals surface area contributed by atoms with E-state index >= 15 is 0 Å². The first-order valence-corrected chi connectivity index (χ1v) is 6.76. The molecule has 3 heteroatoms. The minimum atomic E-state index is 0.585. The van der Waals surface area contributed by atoms with Gasteiger partial charge in [-0.05, 0) is 51.7 Å². The van der Waals surface area contributed by atoms with Gasteiger partial charge in [0.2, 0.25) is 0 Å². The Balaban J connectivity index is 2.06. The Hall–Kier alpha value is -1.32. The van der Waals surface area contributed by atoms with Crippen LogP contribution >= 0.6 is 15.9 Å². The van der Waals surface area contributed by atoms with Gasteiger partial charge >= 0.3 is 0 Å². The number of nitrogens with one attached hydrogen (secondary N) is 1. The molecule has 0 aliphatic heterocycles. The monoisotopic (exact) mass is 304 g/mol. The summed E-state index contributed by atoms with van der Waals surface area (Å²) in [5, 5.41) is 3.42. The van der Waals surface area contributed by atoms with Crippen LogP contribution in [0.3, 0.4) is 0 Å². The molecule has 0 amide bonds. The lowest BCUT2D eigenvalue weighted by molar-refractivity contribution is 1.05. The van der Waals surface area contributed by atoms with Gasteiger partial charge in [-0.2, -0.15) is 0 Å². The molecule has 2 rings (SSSR count). The zero-order chi connectivity index (χ0) is 13.0. The fourth-order valence-electron chi connectivity index (χ4n) is 1.83. The summed E-state index contributed by atoms with van der Waals surface area (Å²) >= 11 is 3.57. The zero-order valence-corrected chi connectivity index (χ0v) is 12.0. The maximum atomic E-state index is 5.64. The Labute approximate surface area is 116 Å². The van der Waals surface area contributed by atoms with Crippen LogP contribution < -0.4 is 11.1 Å². The van der Waals surface area contributed by atoms with Crippen molar-refractivity contribution in [1.29, 1.82) is 0 Å². The van der Waals surface area contributed by atoms with Crippen LogP contribution in [-0.4, -0.2) is 0 Å². The minimum absolute atomic E-state index is 0.585. The standard InChI is InChI=1S/C15H17BrN2/c1-11-5-6-15(14(16)7-11)18-10-13-4-2-3-12(8-13)9-17/h2-8,18H,9-10,17H2,1H3. The molecular formula is C15H17BrN2. The number of benzene rings is 2. The molecule has 3 N–H and O–H groups in total. The Kier molecular flexibility index (Phi) is 4.39. The van der Waals surface area contributed by atoms with E-state index in [1.54, 1.807) is 0 Å². The molecule has 0 bridgehead atoms. The van der Waals surface area contributed by atoms with Crippen molar-refractivity contribution in [3.63, 3.8) is 0 Å². The predicted molar refractivity (Wildman–Crippen MR) is 80.5 cm³/mol. The van der Waals surface area contributed by atoms with Gasteiger partial charge in [0.25, 0.3) is 0 Å². The van der Waals surface area contributed by atoms with Crippen molar-refractivity contribution >= 4 is 21.6 Å². The topological polar surface area (TPSA) is 38.0 Å². The van der Waals surface area contributed by atoms with Crippen LogP contribution in [0, 0.1) is 6.92 Å². The van der Waals surface area contributed by atoms with Gasteiger partial charge in [0.1, 0.15) is 0 Å². The molecule has 0 saturated carbocycles. The first-order chi connectivity index (χ1) is 8.69. The highest BCUT2D eigenvalue weighted by atomic mass is 79.9. The average Bonchev–Trinajstić information content (AvgIpc) is 2.38. The molecule has 18 heavy (non-hydrogen) atoms. The van der Waals surface area contributed by atoms with E-state index in [2.05, 4.69) is 58.5 Å². The van der Waals surface area contributed by atoms with E-state index in [9.17, 15) is 0 Å². The maximum absolute atomic E-state index is 5.64. The fourth-order valence-corrected chi connectivity index (χ4v) is 2.46. The SMILES string of the molecule is Cc1ccc(NCc2cccc(CN)c2)c(Br)c1. The molecule has 2 aromatic carbocycles. The van der Waals surface area contributed by atoms with Gasteiger partial charge in [0.05, 0.1) is 0 Å². The van der Waals surface area contributed by atoms with Gasteiger partial charge in [-0.25, -0.2) is 0 Å². The van der Waals surface area contributed by atoms with E-state index < -0.39 is 0 Å². The van der Waals surface area contributed by atoms with Crippen LogP contribution in [0.4, 0.5) is 5.69 Å². The van der Waals surface area contributed by atoms with Crippen LogP contribution in [0.25, 0.3) is 0 Å². The Bertz CT molecular complexity index is 538. The summed E-state index contributed by atoms with van der Waals surface area (Å²) in [6, 6.07) is 14.6. The van der Waals surface area contributed by atoms with Gasteiger partial charge in [-0.15, -0.1) is 0 Å². The number of aryl methyl sites for hydroxylation is 1. The van der Waals surface area contributed by atoms with Crippen LogP contribution in [0.2, 0.25) is 0 Å². The summed E-state index contributed by atoms with van der Waals surface area (Å²) in [5.74, 6) is 0. The second-order valence-electron chi connectivity index (χ2n) is 4.36. The number of anilines is 1. The molecule has 0 aromatic heterocycles. The van der Waals surface area contributed by atoms with E-state index in [1.165, 1.54) is 11.1 Å². The van der Waals surface area contributed by atoms with Crippen molar-refractivity contribution < 1.29 is 0 Å². The minimum Gasteiger partial charge on any atom is -0.380 e. The molecule has 0 radical (unpaired) electrons. The highest BCUT2D eigenvalue weighted by Crippen LogP contribution is 2.23.